The molecule has 5 heteroatoms. The number of rotatable bonds is 6. The van der Waals surface area contributed by atoms with Crippen LogP contribution in [-0.4, -0.2) is 21.5 Å². The molecule has 0 aliphatic heterocycles. The van der Waals surface area contributed by atoms with Crippen LogP contribution >= 0.6 is 11.3 Å². The predicted octanol–water partition coefficient (Wildman–Crippen LogP) is 2.93. The number of aromatic nitrogens is 3. The highest BCUT2D eigenvalue weighted by atomic mass is 32.1. The molecule has 0 radical (unpaired) electrons. The third-order valence-electron chi connectivity index (χ3n) is 3.08. The van der Waals surface area contributed by atoms with Gasteiger partial charge in [0, 0.05) is 49.0 Å². The van der Waals surface area contributed by atoms with E-state index in [1.165, 1.54) is 0 Å². The zero-order valence-corrected chi connectivity index (χ0v) is 12.4. The number of nitrogens with zero attached hydrogens (tertiary/aromatic N) is 3. The van der Waals surface area contributed by atoms with E-state index in [4.69, 9.17) is 0 Å². The van der Waals surface area contributed by atoms with E-state index < -0.39 is 0 Å². The standard InChI is InChI=1S/C16H16N4S/c1-2-7-19-14(3-1)11-18-10-6-16-20-15(12-21-16)13-4-8-17-9-5-13/h1-5,7-9,12,18H,6,10-11H2. The lowest BCUT2D eigenvalue weighted by Crippen LogP contribution is -2.17. The molecule has 1 N–H and O–H groups in total. The van der Waals surface area contributed by atoms with Gasteiger partial charge in [0.15, 0.2) is 0 Å². The van der Waals surface area contributed by atoms with E-state index in [2.05, 4.69) is 25.6 Å². The second-order valence-corrected chi connectivity index (χ2v) is 5.55. The third-order valence-corrected chi connectivity index (χ3v) is 3.98. The lowest BCUT2D eigenvalue weighted by atomic mass is 10.2. The Kier molecular flexibility index (Phi) is 4.66. The van der Waals surface area contributed by atoms with Gasteiger partial charge < -0.3 is 5.32 Å². The van der Waals surface area contributed by atoms with Crippen molar-refractivity contribution in [1.29, 1.82) is 0 Å². The largest absolute Gasteiger partial charge is 0.311 e. The lowest BCUT2D eigenvalue weighted by Gasteiger charge is -2.02. The monoisotopic (exact) mass is 296 g/mol. The minimum Gasteiger partial charge on any atom is -0.311 e. The maximum absolute atomic E-state index is 4.66. The molecule has 0 spiro atoms. The molecule has 0 saturated heterocycles. The smallest absolute Gasteiger partial charge is 0.0945 e. The summed E-state index contributed by atoms with van der Waals surface area (Å²) in [5, 5.41) is 6.64. The van der Waals surface area contributed by atoms with E-state index in [1.54, 1.807) is 23.7 Å². The van der Waals surface area contributed by atoms with Crippen LogP contribution in [0.5, 0.6) is 0 Å². The van der Waals surface area contributed by atoms with Crippen LogP contribution in [0.15, 0.2) is 54.3 Å². The first kappa shape index (κ1) is 13.9. The highest BCUT2D eigenvalue weighted by Crippen LogP contribution is 2.21. The maximum atomic E-state index is 4.66. The minimum absolute atomic E-state index is 0.795. The summed E-state index contributed by atoms with van der Waals surface area (Å²) in [6.45, 7) is 1.70. The van der Waals surface area contributed by atoms with E-state index in [9.17, 15) is 0 Å². The molecular formula is C16H16N4S. The van der Waals surface area contributed by atoms with Gasteiger partial charge in [-0.25, -0.2) is 4.98 Å². The predicted molar refractivity (Wildman–Crippen MR) is 85.0 cm³/mol. The molecule has 3 aromatic rings. The average Bonchev–Trinajstić information content (AvgIpc) is 3.02. The Bertz CT molecular complexity index is 667. The fraction of sp³-hybridized carbons (Fsp3) is 0.188. The Hall–Kier alpha value is -2.11. The molecule has 3 heterocycles. The summed E-state index contributed by atoms with van der Waals surface area (Å²) >= 11 is 1.70. The van der Waals surface area contributed by atoms with Crippen LogP contribution in [0, 0.1) is 0 Å². The summed E-state index contributed by atoms with van der Waals surface area (Å²) < 4.78 is 0. The molecule has 0 atom stereocenters. The van der Waals surface area contributed by atoms with Crippen LogP contribution in [0.4, 0.5) is 0 Å². The number of thiazole rings is 1. The molecule has 4 nitrogen and oxygen atoms in total. The molecule has 3 rings (SSSR count). The van der Waals surface area contributed by atoms with Crippen LogP contribution in [0.25, 0.3) is 11.3 Å². The summed E-state index contributed by atoms with van der Waals surface area (Å²) in [4.78, 5) is 13.0. The van der Waals surface area contributed by atoms with Crippen molar-refractivity contribution in [2.45, 2.75) is 13.0 Å². The fourth-order valence-electron chi connectivity index (χ4n) is 2.00. The van der Waals surface area contributed by atoms with E-state index in [0.29, 0.717) is 0 Å². The zero-order chi connectivity index (χ0) is 14.3. The topological polar surface area (TPSA) is 50.7 Å². The summed E-state index contributed by atoms with van der Waals surface area (Å²) in [7, 11) is 0. The normalized spacial score (nSPS) is 10.7. The van der Waals surface area contributed by atoms with Gasteiger partial charge in [-0.05, 0) is 24.3 Å². The molecule has 0 bridgehead atoms. The van der Waals surface area contributed by atoms with E-state index >= 15 is 0 Å². The van der Waals surface area contributed by atoms with Gasteiger partial charge in [-0.15, -0.1) is 11.3 Å². The molecule has 0 saturated carbocycles. The summed E-state index contributed by atoms with van der Waals surface area (Å²) in [5.74, 6) is 0. The molecule has 0 unspecified atom stereocenters. The molecule has 0 aliphatic rings. The van der Waals surface area contributed by atoms with Crippen molar-refractivity contribution in [3.05, 3.63) is 65.0 Å². The second kappa shape index (κ2) is 7.06. The zero-order valence-electron chi connectivity index (χ0n) is 11.6. The second-order valence-electron chi connectivity index (χ2n) is 4.61. The minimum atomic E-state index is 0.795. The first-order valence-electron chi connectivity index (χ1n) is 6.87. The van der Waals surface area contributed by atoms with Crippen molar-refractivity contribution in [3.63, 3.8) is 0 Å². The van der Waals surface area contributed by atoms with Crippen LogP contribution in [0.2, 0.25) is 0 Å². The first-order chi connectivity index (χ1) is 10.4. The van der Waals surface area contributed by atoms with Gasteiger partial charge in [-0.3, -0.25) is 9.97 Å². The van der Waals surface area contributed by atoms with Gasteiger partial charge in [0.2, 0.25) is 0 Å². The van der Waals surface area contributed by atoms with Gasteiger partial charge in [0.25, 0.3) is 0 Å². The average molecular weight is 296 g/mol. The van der Waals surface area contributed by atoms with E-state index in [-0.39, 0.29) is 0 Å². The summed E-state index contributed by atoms with van der Waals surface area (Å²) in [6.07, 6.45) is 6.34. The van der Waals surface area contributed by atoms with Crippen molar-refractivity contribution < 1.29 is 0 Å². The molecular weight excluding hydrogens is 280 g/mol. The van der Waals surface area contributed by atoms with Gasteiger partial charge in [0.1, 0.15) is 0 Å². The van der Waals surface area contributed by atoms with Crippen LogP contribution in [0.1, 0.15) is 10.7 Å². The summed E-state index contributed by atoms with van der Waals surface area (Å²) in [6, 6.07) is 9.93. The SMILES string of the molecule is c1ccc(CNCCc2nc(-c3ccncc3)cs2)nc1. The number of hydrogen-bond acceptors (Lipinski definition) is 5. The quantitative estimate of drug-likeness (QED) is 0.711. The van der Waals surface area contributed by atoms with Crippen molar-refractivity contribution in [3.8, 4) is 11.3 Å². The van der Waals surface area contributed by atoms with Gasteiger partial charge >= 0.3 is 0 Å². The Morgan fingerprint density at radius 1 is 1.05 bits per heavy atom. The van der Waals surface area contributed by atoms with Crippen LogP contribution < -0.4 is 5.32 Å². The van der Waals surface area contributed by atoms with E-state index in [1.807, 2.05) is 36.5 Å². The molecule has 106 valence electrons. The van der Waals surface area contributed by atoms with Crippen LogP contribution in [0.3, 0.4) is 0 Å². The Morgan fingerprint density at radius 2 is 1.95 bits per heavy atom. The number of pyridine rings is 2. The molecule has 0 aliphatic carbocycles. The maximum Gasteiger partial charge on any atom is 0.0945 e. The van der Waals surface area contributed by atoms with Gasteiger partial charge in [-0.2, -0.15) is 0 Å². The first-order valence-corrected chi connectivity index (χ1v) is 7.75. The lowest BCUT2D eigenvalue weighted by molar-refractivity contribution is 0.673. The Labute approximate surface area is 127 Å². The van der Waals surface area contributed by atoms with Crippen LogP contribution in [-0.2, 0) is 13.0 Å². The molecule has 21 heavy (non-hydrogen) atoms. The molecule has 3 aromatic heterocycles. The Morgan fingerprint density at radius 3 is 2.76 bits per heavy atom. The molecule has 0 aromatic carbocycles. The number of hydrogen-bond donors (Lipinski definition) is 1. The highest BCUT2D eigenvalue weighted by molar-refractivity contribution is 7.09. The third kappa shape index (κ3) is 3.93. The van der Waals surface area contributed by atoms with E-state index in [0.717, 1.165) is 41.5 Å². The molecule has 0 amide bonds. The highest BCUT2D eigenvalue weighted by Gasteiger charge is 2.04. The van der Waals surface area contributed by atoms with Crippen molar-refractivity contribution in [1.82, 2.24) is 20.3 Å². The Balaban J connectivity index is 1.49. The van der Waals surface area contributed by atoms with Gasteiger partial charge in [0.05, 0.1) is 16.4 Å². The van der Waals surface area contributed by atoms with Crippen molar-refractivity contribution in [2.24, 2.45) is 0 Å². The summed E-state index contributed by atoms with van der Waals surface area (Å²) in [5.41, 5.74) is 3.21. The number of nitrogens with one attached hydrogen (secondary N) is 1. The van der Waals surface area contributed by atoms with Crippen molar-refractivity contribution in [2.75, 3.05) is 6.54 Å². The van der Waals surface area contributed by atoms with Crippen molar-refractivity contribution >= 4 is 11.3 Å². The molecule has 0 fully saturated rings. The fourth-order valence-corrected chi connectivity index (χ4v) is 2.80. The van der Waals surface area contributed by atoms with Gasteiger partial charge in [-0.1, -0.05) is 6.07 Å².